The number of rotatable bonds is 3. The van der Waals surface area contributed by atoms with Gasteiger partial charge < -0.3 is 5.73 Å². The Morgan fingerprint density at radius 1 is 1.56 bits per heavy atom. The average Bonchev–Trinajstić information content (AvgIpc) is 2.72. The number of benzene rings is 1. The number of amides is 1. The summed E-state index contributed by atoms with van der Waals surface area (Å²) in [5, 5.41) is 7.82. The van der Waals surface area contributed by atoms with Crippen molar-refractivity contribution in [2.24, 2.45) is 5.73 Å². The van der Waals surface area contributed by atoms with Gasteiger partial charge in [0.05, 0.1) is 11.7 Å². The molecule has 1 aromatic carbocycles. The van der Waals surface area contributed by atoms with Gasteiger partial charge >= 0.3 is 0 Å². The van der Waals surface area contributed by atoms with E-state index in [0.29, 0.717) is 5.57 Å². The minimum Gasteiger partial charge on any atom is -0.366 e. The first-order chi connectivity index (χ1) is 7.72. The molecule has 16 heavy (non-hydrogen) atoms. The van der Waals surface area contributed by atoms with Gasteiger partial charge in [0.1, 0.15) is 0 Å². The maximum absolute atomic E-state index is 11.3. The Morgan fingerprint density at radius 2 is 2.38 bits per heavy atom. The number of carbonyl (C=O) groups excluding carboxylic acids is 1. The van der Waals surface area contributed by atoms with Crippen LogP contribution in [0.4, 0.5) is 0 Å². The fourth-order valence-electron chi connectivity index (χ4n) is 1.67. The summed E-state index contributed by atoms with van der Waals surface area (Å²) in [6.07, 6.45) is 4.35. The van der Waals surface area contributed by atoms with Crippen LogP contribution in [-0.4, -0.2) is 16.1 Å². The highest BCUT2D eigenvalue weighted by Crippen LogP contribution is 2.19. The van der Waals surface area contributed by atoms with Crippen molar-refractivity contribution in [3.05, 3.63) is 36.0 Å². The van der Waals surface area contributed by atoms with E-state index in [1.165, 1.54) is 0 Å². The van der Waals surface area contributed by atoms with Crippen LogP contribution in [0.25, 0.3) is 16.5 Å². The quantitative estimate of drug-likeness (QED) is 0.767. The molecule has 3 N–H and O–H groups in total. The fourth-order valence-corrected chi connectivity index (χ4v) is 1.67. The van der Waals surface area contributed by atoms with Gasteiger partial charge in [-0.05, 0) is 18.1 Å². The summed E-state index contributed by atoms with van der Waals surface area (Å²) in [6.45, 7) is 1.97. The molecule has 0 saturated carbocycles. The smallest absolute Gasteiger partial charge is 0.248 e. The molecule has 0 spiro atoms. The largest absolute Gasteiger partial charge is 0.366 e. The van der Waals surface area contributed by atoms with Crippen molar-refractivity contribution < 1.29 is 4.79 Å². The molecule has 4 nitrogen and oxygen atoms in total. The summed E-state index contributed by atoms with van der Waals surface area (Å²) in [5.74, 6) is -0.402. The third-order valence-corrected chi connectivity index (χ3v) is 2.43. The highest BCUT2D eigenvalue weighted by atomic mass is 16.1. The Balaban J connectivity index is 2.52. The van der Waals surface area contributed by atoms with Crippen molar-refractivity contribution in [3.63, 3.8) is 0 Å². The van der Waals surface area contributed by atoms with E-state index < -0.39 is 5.91 Å². The number of nitrogens with zero attached hydrogens (tertiary/aromatic N) is 1. The van der Waals surface area contributed by atoms with Crippen molar-refractivity contribution in [2.45, 2.75) is 13.3 Å². The Kier molecular flexibility index (Phi) is 2.72. The van der Waals surface area contributed by atoms with Crippen molar-refractivity contribution in [1.29, 1.82) is 0 Å². The molecule has 1 aromatic heterocycles. The number of allylic oxidation sites excluding steroid dienone is 1. The van der Waals surface area contributed by atoms with Gasteiger partial charge in [-0.15, -0.1) is 0 Å². The average molecular weight is 215 g/mol. The molecule has 0 aliphatic rings. The summed E-state index contributed by atoms with van der Waals surface area (Å²) >= 11 is 0. The number of fused-ring (bicyclic) bond motifs is 1. The van der Waals surface area contributed by atoms with E-state index in [-0.39, 0.29) is 0 Å². The van der Waals surface area contributed by atoms with Crippen LogP contribution in [0.2, 0.25) is 0 Å². The fraction of sp³-hybridized carbons (Fsp3) is 0.167. The molecular formula is C12H13N3O. The van der Waals surface area contributed by atoms with Crippen molar-refractivity contribution >= 4 is 22.4 Å². The molecule has 0 atom stereocenters. The summed E-state index contributed by atoms with van der Waals surface area (Å²) in [4.78, 5) is 11.3. The Hall–Kier alpha value is -2.10. The maximum Gasteiger partial charge on any atom is 0.248 e. The van der Waals surface area contributed by atoms with Crippen molar-refractivity contribution in [3.8, 4) is 0 Å². The van der Waals surface area contributed by atoms with E-state index in [1.54, 1.807) is 6.20 Å². The van der Waals surface area contributed by atoms with Crippen LogP contribution < -0.4 is 5.73 Å². The number of H-pyrrole nitrogens is 1. The molecular weight excluding hydrogens is 202 g/mol. The summed E-state index contributed by atoms with van der Waals surface area (Å²) in [5.41, 5.74) is 7.62. The minimum atomic E-state index is -0.402. The molecule has 1 heterocycles. The Bertz CT molecular complexity index is 554. The third kappa shape index (κ3) is 1.82. The van der Waals surface area contributed by atoms with E-state index in [1.807, 2.05) is 31.2 Å². The van der Waals surface area contributed by atoms with Gasteiger partial charge in [-0.1, -0.05) is 25.1 Å². The summed E-state index contributed by atoms with van der Waals surface area (Å²) < 4.78 is 0. The molecule has 0 aliphatic heterocycles. The molecule has 0 aliphatic carbocycles. The molecule has 1 amide bonds. The highest BCUT2D eigenvalue weighted by Gasteiger charge is 2.08. The lowest BCUT2D eigenvalue weighted by atomic mass is 10.0. The molecule has 0 radical (unpaired) electrons. The van der Waals surface area contributed by atoms with Crippen molar-refractivity contribution in [1.82, 2.24) is 10.2 Å². The van der Waals surface area contributed by atoms with E-state index in [4.69, 9.17) is 5.73 Å². The summed E-state index contributed by atoms with van der Waals surface area (Å²) in [6, 6.07) is 5.68. The first-order valence-electron chi connectivity index (χ1n) is 5.16. The maximum atomic E-state index is 11.3. The van der Waals surface area contributed by atoms with Gasteiger partial charge in [-0.2, -0.15) is 5.10 Å². The molecule has 0 unspecified atom stereocenters. The second-order valence-electron chi connectivity index (χ2n) is 3.56. The second-order valence-corrected chi connectivity index (χ2v) is 3.56. The molecule has 0 saturated heterocycles. The standard InChI is InChI=1S/C12H13N3O/c1-2-3-10(12(13)16)8-4-5-9-7-14-15-11(9)6-8/h3-7H,2H2,1H3,(H2,13,16)(H,14,15)/b10-3+. The van der Waals surface area contributed by atoms with Gasteiger partial charge in [0, 0.05) is 11.0 Å². The van der Waals surface area contributed by atoms with E-state index >= 15 is 0 Å². The van der Waals surface area contributed by atoms with E-state index in [0.717, 1.165) is 22.9 Å². The van der Waals surface area contributed by atoms with Crippen molar-refractivity contribution in [2.75, 3.05) is 0 Å². The SMILES string of the molecule is CC/C=C(/C(N)=O)c1ccc2cn[nH]c2c1. The van der Waals surface area contributed by atoms with Crippen LogP contribution in [0.3, 0.4) is 0 Å². The predicted octanol–water partition coefficient (Wildman–Crippen LogP) is 1.84. The van der Waals surface area contributed by atoms with Gasteiger partial charge in [0.25, 0.3) is 0 Å². The number of nitrogens with two attached hydrogens (primary N) is 1. The number of aromatic amines is 1. The number of hydrogen-bond donors (Lipinski definition) is 2. The van der Waals surface area contributed by atoms with Crippen LogP contribution in [0.5, 0.6) is 0 Å². The first kappa shape index (κ1) is 10.4. The van der Waals surface area contributed by atoms with Crippen LogP contribution >= 0.6 is 0 Å². The molecule has 0 fully saturated rings. The zero-order valence-electron chi connectivity index (χ0n) is 9.03. The number of aromatic nitrogens is 2. The van der Waals surface area contributed by atoms with E-state index in [9.17, 15) is 4.79 Å². The third-order valence-electron chi connectivity index (χ3n) is 2.43. The number of nitrogens with one attached hydrogen (secondary N) is 1. The van der Waals surface area contributed by atoms with Crippen LogP contribution in [-0.2, 0) is 4.79 Å². The lowest BCUT2D eigenvalue weighted by Crippen LogP contribution is -2.12. The van der Waals surface area contributed by atoms with Crippen LogP contribution in [0.1, 0.15) is 18.9 Å². The second kappa shape index (κ2) is 4.18. The Morgan fingerprint density at radius 3 is 3.06 bits per heavy atom. The highest BCUT2D eigenvalue weighted by molar-refractivity contribution is 6.19. The zero-order valence-corrected chi connectivity index (χ0v) is 9.03. The monoisotopic (exact) mass is 215 g/mol. The zero-order chi connectivity index (χ0) is 11.5. The van der Waals surface area contributed by atoms with Gasteiger partial charge in [-0.25, -0.2) is 0 Å². The van der Waals surface area contributed by atoms with Gasteiger partial charge in [0.2, 0.25) is 5.91 Å². The minimum absolute atomic E-state index is 0.402. The first-order valence-corrected chi connectivity index (χ1v) is 5.16. The molecule has 82 valence electrons. The number of hydrogen-bond acceptors (Lipinski definition) is 2. The number of carbonyl (C=O) groups is 1. The number of primary amides is 1. The molecule has 0 bridgehead atoms. The normalized spacial score (nSPS) is 11.9. The van der Waals surface area contributed by atoms with Crippen LogP contribution in [0, 0.1) is 0 Å². The lowest BCUT2D eigenvalue weighted by molar-refractivity contribution is -0.112. The summed E-state index contributed by atoms with van der Waals surface area (Å²) in [7, 11) is 0. The predicted molar refractivity (Wildman–Crippen MR) is 63.6 cm³/mol. The molecule has 4 heteroatoms. The van der Waals surface area contributed by atoms with E-state index in [2.05, 4.69) is 10.2 Å². The van der Waals surface area contributed by atoms with Gasteiger partial charge in [0.15, 0.2) is 0 Å². The molecule has 2 aromatic rings. The molecule has 2 rings (SSSR count). The van der Waals surface area contributed by atoms with Crippen LogP contribution in [0.15, 0.2) is 30.5 Å². The van der Waals surface area contributed by atoms with Gasteiger partial charge in [-0.3, -0.25) is 9.89 Å². The Labute approximate surface area is 93.1 Å². The topological polar surface area (TPSA) is 71.8 Å². The lowest BCUT2D eigenvalue weighted by Gasteiger charge is -2.03.